The van der Waals surface area contributed by atoms with Crippen molar-refractivity contribution in [2.75, 3.05) is 12.9 Å². The van der Waals surface area contributed by atoms with Crippen molar-refractivity contribution >= 4 is 17.5 Å². The minimum Gasteiger partial charge on any atom is -0.342 e. The Balaban J connectivity index is 3.36. The van der Waals surface area contributed by atoms with Gasteiger partial charge in [-0.2, -0.15) is 0 Å². The number of rotatable bonds is 12. The predicted molar refractivity (Wildman–Crippen MR) is 84.8 cm³/mol. The molecule has 0 saturated heterocycles. The zero-order valence-electron chi connectivity index (χ0n) is 13.1. The van der Waals surface area contributed by atoms with Crippen molar-refractivity contribution in [1.82, 2.24) is 4.90 Å². The summed E-state index contributed by atoms with van der Waals surface area (Å²) in [5, 5.41) is 0. The Labute approximate surface area is 124 Å². The van der Waals surface area contributed by atoms with E-state index in [9.17, 15) is 4.79 Å². The first-order valence-electron chi connectivity index (χ1n) is 7.95. The molecule has 0 aliphatic heterocycles. The van der Waals surface area contributed by atoms with Crippen molar-refractivity contribution < 1.29 is 4.79 Å². The summed E-state index contributed by atoms with van der Waals surface area (Å²) in [5.41, 5.74) is 0. The van der Waals surface area contributed by atoms with Crippen LogP contribution in [0.2, 0.25) is 0 Å². The van der Waals surface area contributed by atoms with E-state index in [0.29, 0.717) is 12.3 Å². The van der Waals surface area contributed by atoms with Gasteiger partial charge in [0.1, 0.15) is 0 Å². The molecular weight excluding hydrogens is 258 g/mol. The van der Waals surface area contributed by atoms with E-state index in [0.717, 1.165) is 6.42 Å². The Morgan fingerprint density at radius 1 is 1.00 bits per heavy atom. The van der Waals surface area contributed by atoms with E-state index in [1.54, 1.807) is 4.90 Å². The molecular formula is C16H32ClNO. The van der Waals surface area contributed by atoms with E-state index in [4.69, 9.17) is 11.6 Å². The maximum atomic E-state index is 11.8. The molecule has 0 fully saturated rings. The summed E-state index contributed by atoms with van der Waals surface area (Å²) in [5.74, 6) is 0.746. The average Bonchev–Trinajstić information content (AvgIpc) is 2.43. The molecule has 1 amide bonds. The first-order chi connectivity index (χ1) is 9.13. The summed E-state index contributed by atoms with van der Waals surface area (Å²) < 4.78 is 0. The quantitative estimate of drug-likeness (QED) is 0.366. The second-order valence-electron chi connectivity index (χ2n) is 5.59. The number of carbonyl (C=O) groups excluding carboxylic acids is 1. The van der Waals surface area contributed by atoms with Crippen molar-refractivity contribution in [2.24, 2.45) is 0 Å². The van der Waals surface area contributed by atoms with Crippen molar-refractivity contribution in [3.63, 3.8) is 0 Å². The highest BCUT2D eigenvalue weighted by molar-refractivity contribution is 6.18. The third kappa shape index (κ3) is 10.2. The Hall–Kier alpha value is -0.240. The summed E-state index contributed by atoms with van der Waals surface area (Å²) in [6.07, 6.45) is 12.3. The van der Waals surface area contributed by atoms with E-state index in [1.165, 1.54) is 51.4 Å². The van der Waals surface area contributed by atoms with Gasteiger partial charge in [-0.25, -0.2) is 0 Å². The third-order valence-electron chi connectivity index (χ3n) is 3.77. The van der Waals surface area contributed by atoms with E-state index >= 15 is 0 Å². The number of hydrogen-bond donors (Lipinski definition) is 0. The van der Waals surface area contributed by atoms with Crippen molar-refractivity contribution in [3.8, 4) is 0 Å². The van der Waals surface area contributed by atoms with Crippen LogP contribution in [0.25, 0.3) is 0 Å². The number of amides is 1. The SMILES string of the molecule is CCCCCCCCCCCC(=O)N(C)C(C)CCl. The zero-order chi connectivity index (χ0) is 14.5. The molecule has 0 spiro atoms. The lowest BCUT2D eigenvalue weighted by molar-refractivity contribution is -0.131. The first-order valence-corrected chi connectivity index (χ1v) is 8.48. The second kappa shape index (κ2) is 12.8. The maximum Gasteiger partial charge on any atom is 0.222 e. The van der Waals surface area contributed by atoms with Crippen LogP contribution in [0.4, 0.5) is 0 Å². The molecule has 0 aromatic heterocycles. The molecule has 2 nitrogen and oxygen atoms in total. The van der Waals surface area contributed by atoms with Gasteiger partial charge in [0.05, 0.1) is 0 Å². The molecule has 1 unspecified atom stereocenters. The molecule has 114 valence electrons. The summed E-state index contributed by atoms with van der Waals surface area (Å²) in [4.78, 5) is 13.6. The number of alkyl halides is 1. The summed E-state index contributed by atoms with van der Waals surface area (Å²) in [7, 11) is 1.85. The lowest BCUT2D eigenvalue weighted by atomic mass is 10.1. The van der Waals surface area contributed by atoms with Gasteiger partial charge in [0.25, 0.3) is 0 Å². The fourth-order valence-electron chi connectivity index (χ4n) is 2.11. The minimum atomic E-state index is 0.146. The molecule has 0 saturated carbocycles. The van der Waals surface area contributed by atoms with E-state index < -0.39 is 0 Å². The predicted octanol–water partition coefficient (Wildman–Crippen LogP) is 4.99. The number of unbranched alkanes of at least 4 members (excludes halogenated alkanes) is 8. The molecule has 0 N–H and O–H groups in total. The first kappa shape index (κ1) is 18.8. The number of nitrogens with zero attached hydrogens (tertiary/aromatic N) is 1. The minimum absolute atomic E-state index is 0.146. The van der Waals surface area contributed by atoms with Gasteiger partial charge in [-0.3, -0.25) is 4.79 Å². The fourth-order valence-corrected chi connectivity index (χ4v) is 2.32. The van der Waals surface area contributed by atoms with Gasteiger partial charge in [0, 0.05) is 25.4 Å². The van der Waals surface area contributed by atoms with Crippen LogP contribution in [-0.2, 0) is 4.79 Å². The van der Waals surface area contributed by atoms with Crippen molar-refractivity contribution in [1.29, 1.82) is 0 Å². The third-order valence-corrected chi connectivity index (χ3v) is 4.22. The standard InChI is InChI=1S/C16H32ClNO/c1-4-5-6-7-8-9-10-11-12-13-16(19)18(3)15(2)14-17/h15H,4-14H2,1-3H3. The van der Waals surface area contributed by atoms with Crippen LogP contribution in [-0.4, -0.2) is 29.8 Å². The van der Waals surface area contributed by atoms with E-state index in [-0.39, 0.29) is 11.9 Å². The smallest absolute Gasteiger partial charge is 0.222 e. The van der Waals surface area contributed by atoms with Gasteiger partial charge in [-0.05, 0) is 13.3 Å². The highest BCUT2D eigenvalue weighted by Crippen LogP contribution is 2.11. The molecule has 0 aromatic carbocycles. The van der Waals surface area contributed by atoms with Crippen molar-refractivity contribution in [2.45, 2.75) is 84.1 Å². The number of carbonyl (C=O) groups is 1. The Bertz CT molecular complexity index is 221. The normalized spacial score (nSPS) is 12.4. The molecule has 0 bridgehead atoms. The highest BCUT2D eigenvalue weighted by atomic mass is 35.5. The Morgan fingerprint density at radius 2 is 1.47 bits per heavy atom. The molecule has 1 atom stereocenters. The molecule has 0 heterocycles. The fraction of sp³-hybridized carbons (Fsp3) is 0.938. The lowest BCUT2D eigenvalue weighted by Gasteiger charge is -2.23. The van der Waals surface area contributed by atoms with Gasteiger partial charge < -0.3 is 4.90 Å². The van der Waals surface area contributed by atoms with Crippen LogP contribution in [0.3, 0.4) is 0 Å². The van der Waals surface area contributed by atoms with Gasteiger partial charge >= 0.3 is 0 Å². The lowest BCUT2D eigenvalue weighted by Crippen LogP contribution is -2.35. The van der Waals surface area contributed by atoms with E-state index in [1.807, 2.05) is 14.0 Å². The summed E-state index contributed by atoms with van der Waals surface area (Å²) in [6.45, 7) is 4.24. The number of hydrogen-bond acceptors (Lipinski definition) is 1. The highest BCUT2D eigenvalue weighted by Gasteiger charge is 2.13. The van der Waals surface area contributed by atoms with Crippen molar-refractivity contribution in [3.05, 3.63) is 0 Å². The van der Waals surface area contributed by atoms with Crippen LogP contribution in [0.5, 0.6) is 0 Å². The Morgan fingerprint density at radius 3 is 1.95 bits per heavy atom. The molecule has 0 aliphatic carbocycles. The zero-order valence-corrected chi connectivity index (χ0v) is 13.8. The Kier molecular flexibility index (Phi) is 12.6. The van der Waals surface area contributed by atoms with Crippen LogP contribution in [0.15, 0.2) is 0 Å². The average molecular weight is 290 g/mol. The molecule has 0 aliphatic rings. The van der Waals surface area contributed by atoms with Gasteiger partial charge in [-0.1, -0.05) is 58.3 Å². The van der Waals surface area contributed by atoms with E-state index in [2.05, 4.69) is 6.92 Å². The molecule has 3 heteroatoms. The van der Waals surface area contributed by atoms with Gasteiger partial charge in [0.2, 0.25) is 5.91 Å². The van der Waals surface area contributed by atoms with Gasteiger partial charge in [0.15, 0.2) is 0 Å². The molecule has 0 aromatic rings. The topological polar surface area (TPSA) is 20.3 Å². The van der Waals surface area contributed by atoms with Crippen LogP contribution in [0, 0.1) is 0 Å². The molecule has 0 rings (SSSR count). The summed E-state index contributed by atoms with van der Waals surface area (Å²) >= 11 is 5.75. The monoisotopic (exact) mass is 289 g/mol. The van der Waals surface area contributed by atoms with Crippen LogP contribution < -0.4 is 0 Å². The second-order valence-corrected chi connectivity index (χ2v) is 5.90. The van der Waals surface area contributed by atoms with Gasteiger partial charge in [-0.15, -0.1) is 11.6 Å². The molecule has 19 heavy (non-hydrogen) atoms. The number of halogens is 1. The summed E-state index contributed by atoms with van der Waals surface area (Å²) in [6, 6.07) is 0.146. The largest absolute Gasteiger partial charge is 0.342 e. The maximum absolute atomic E-state index is 11.8. The van der Waals surface area contributed by atoms with Crippen LogP contribution in [0.1, 0.15) is 78.1 Å². The molecule has 0 radical (unpaired) electrons. The van der Waals surface area contributed by atoms with Crippen LogP contribution >= 0.6 is 11.6 Å².